The number of pyridine rings is 1. The molecule has 5 atom stereocenters. The molecule has 2 aromatic heterocycles. The number of carbonyl (C=O) groups excluding carboxylic acids is 5. The van der Waals surface area contributed by atoms with Gasteiger partial charge in [-0.1, -0.05) is 60.1 Å². The summed E-state index contributed by atoms with van der Waals surface area (Å²) in [6.07, 6.45) is 8.38. The lowest BCUT2D eigenvalue weighted by Crippen LogP contribution is -2.60. The Hall–Kier alpha value is -4.47. The first-order valence-electron chi connectivity index (χ1n) is 18.3. The molecule has 16 heteroatoms. The van der Waals surface area contributed by atoms with Gasteiger partial charge in [0.15, 0.2) is 5.69 Å². The van der Waals surface area contributed by atoms with Gasteiger partial charge in [-0.3, -0.25) is 19.1 Å². The maximum Gasteiger partial charge on any atom is 0.407 e. The summed E-state index contributed by atoms with van der Waals surface area (Å²) >= 11 is 0. The highest BCUT2D eigenvalue weighted by Crippen LogP contribution is 2.47. The van der Waals surface area contributed by atoms with Crippen molar-refractivity contribution in [1.29, 1.82) is 0 Å². The third-order valence-corrected chi connectivity index (χ3v) is 12.5. The van der Waals surface area contributed by atoms with E-state index in [0.29, 0.717) is 37.8 Å². The maximum atomic E-state index is 14.5. The normalized spacial score (nSPS) is 28.8. The highest BCUT2D eigenvalue weighted by molar-refractivity contribution is 7.91. The van der Waals surface area contributed by atoms with E-state index in [1.54, 1.807) is 37.6 Å². The zero-order valence-electron chi connectivity index (χ0n) is 31.1. The number of nitrogens with one attached hydrogen (secondary N) is 3. The smallest absolute Gasteiger partial charge is 0.407 e. The Morgan fingerprint density at radius 1 is 1.15 bits per heavy atom. The average Bonchev–Trinajstić information content (AvgIpc) is 3.97. The van der Waals surface area contributed by atoms with Gasteiger partial charge in [0, 0.05) is 24.4 Å². The number of sulfonamides is 1. The molecule has 3 fully saturated rings. The van der Waals surface area contributed by atoms with E-state index in [0.717, 1.165) is 5.56 Å². The van der Waals surface area contributed by atoms with Crippen LogP contribution in [0.4, 0.5) is 4.79 Å². The molecule has 2 aromatic rings. The summed E-state index contributed by atoms with van der Waals surface area (Å²) in [4.78, 5) is 74.8. The van der Waals surface area contributed by atoms with Crippen LogP contribution in [0.2, 0.25) is 0 Å². The molecule has 4 amide bonds. The van der Waals surface area contributed by atoms with Crippen molar-refractivity contribution in [3.05, 3.63) is 41.9 Å². The third-order valence-electron chi connectivity index (χ3n) is 10.6. The first kappa shape index (κ1) is 38.3. The Morgan fingerprint density at radius 3 is 2.55 bits per heavy atom. The largest absolute Gasteiger partial charge is 0.456 e. The molecule has 2 aliphatic carbocycles. The molecule has 3 N–H and O–H groups in total. The van der Waals surface area contributed by atoms with Crippen molar-refractivity contribution >= 4 is 51.5 Å². The van der Waals surface area contributed by atoms with Crippen LogP contribution in [0, 0.1) is 16.7 Å². The number of nitrogens with zero attached hydrogens (tertiary/aromatic N) is 3. The van der Waals surface area contributed by atoms with E-state index >= 15 is 0 Å². The first-order chi connectivity index (χ1) is 24.8. The van der Waals surface area contributed by atoms with E-state index in [1.807, 2.05) is 45.1 Å². The summed E-state index contributed by atoms with van der Waals surface area (Å²) in [5, 5.41) is 4.88. The van der Waals surface area contributed by atoms with Gasteiger partial charge < -0.3 is 29.4 Å². The van der Waals surface area contributed by atoms with Crippen LogP contribution in [-0.4, -0.2) is 94.6 Å². The fourth-order valence-electron chi connectivity index (χ4n) is 7.14. The number of cyclic esters (lactones) is 1. The number of hydrogen-bond donors (Lipinski definition) is 3. The van der Waals surface area contributed by atoms with Gasteiger partial charge in [0.25, 0.3) is 5.91 Å². The minimum atomic E-state index is -3.89. The molecular weight excluding hydrogens is 705 g/mol. The van der Waals surface area contributed by atoms with Crippen molar-refractivity contribution in [2.75, 3.05) is 13.2 Å². The molecule has 4 bridgehead atoms. The number of alkyl carbamates (subject to hydrolysis) is 1. The lowest BCUT2D eigenvalue weighted by Gasteiger charge is -2.35. The Labute approximate surface area is 309 Å². The highest BCUT2D eigenvalue weighted by atomic mass is 32.2. The SMILES string of the molecule is CC[C@H]1C[C@]1(NC(=O)[C@@H]1C[C@@H]2CN1C(=O)[C@H](C(C)(C)C)NC(=O)OCC(C)(C)CC/C=C/c1cccn3cc(nc13)C(=O)O2)C(=O)NS(=O)(=O)C1CC1. The van der Waals surface area contributed by atoms with E-state index in [1.165, 1.54) is 4.90 Å². The molecule has 0 aromatic carbocycles. The predicted octanol–water partition coefficient (Wildman–Crippen LogP) is 3.33. The van der Waals surface area contributed by atoms with Crippen molar-refractivity contribution < 1.29 is 41.9 Å². The lowest BCUT2D eigenvalue weighted by atomic mass is 9.85. The number of hydrogen-bond acceptors (Lipinski definition) is 10. The number of carbonyl (C=O) groups is 5. The molecule has 4 heterocycles. The van der Waals surface area contributed by atoms with Gasteiger partial charge in [0.1, 0.15) is 29.4 Å². The molecule has 6 rings (SSSR count). The first-order valence-corrected chi connectivity index (χ1v) is 19.9. The van der Waals surface area contributed by atoms with Gasteiger partial charge >= 0.3 is 12.1 Å². The quantitative estimate of drug-likeness (QED) is 0.369. The fraction of sp³-hybridized carbons (Fsp3) is 0.622. The lowest BCUT2D eigenvalue weighted by molar-refractivity contribution is -0.143. The van der Waals surface area contributed by atoms with Crippen molar-refractivity contribution in [1.82, 2.24) is 29.6 Å². The standard InChI is InChI=1S/C37H50N6O9S/c1-7-23-18-37(23,33(47)41-53(49,50)25-13-14-25)40-30(44)27-17-24-19-43(27)31(45)28(35(2,3)4)39-34(48)51-21-36(5,6)15-9-8-11-22-12-10-16-42-20-26(32(46)52-24)38-29(22)42/h8,10-12,16,20,23-25,27-28H,7,9,13-15,17-19,21H2,1-6H3,(H,39,48)(H,40,44)(H,41,47)/b11-8+/t23-,24+,27-,28+,37+/m0/s1. The second kappa shape index (κ2) is 14.1. The summed E-state index contributed by atoms with van der Waals surface area (Å²) in [6.45, 7) is 11.0. The Kier molecular flexibility index (Phi) is 10.2. The molecule has 0 spiro atoms. The van der Waals surface area contributed by atoms with Crippen LogP contribution in [0.25, 0.3) is 11.7 Å². The summed E-state index contributed by atoms with van der Waals surface area (Å²) < 4.78 is 40.8. The fourth-order valence-corrected chi connectivity index (χ4v) is 8.50. The molecular formula is C37H50N6O9S. The Morgan fingerprint density at radius 2 is 1.89 bits per heavy atom. The van der Waals surface area contributed by atoms with E-state index in [4.69, 9.17) is 9.47 Å². The molecule has 0 radical (unpaired) electrons. The van der Waals surface area contributed by atoms with Gasteiger partial charge in [-0.2, -0.15) is 0 Å². The number of fused-ring (bicyclic) bond motifs is 3. The number of ether oxygens (including phenoxy) is 2. The van der Waals surface area contributed by atoms with Crippen LogP contribution >= 0.6 is 0 Å². The van der Waals surface area contributed by atoms with E-state index in [2.05, 4.69) is 20.3 Å². The highest BCUT2D eigenvalue weighted by Gasteiger charge is 2.62. The third kappa shape index (κ3) is 8.21. The zero-order chi connectivity index (χ0) is 38.5. The van der Waals surface area contributed by atoms with Crippen LogP contribution in [0.15, 0.2) is 30.6 Å². The van der Waals surface area contributed by atoms with Crippen LogP contribution in [0.3, 0.4) is 0 Å². The average molecular weight is 755 g/mol. The van der Waals surface area contributed by atoms with Crippen molar-refractivity contribution in [3.8, 4) is 0 Å². The molecule has 288 valence electrons. The summed E-state index contributed by atoms with van der Waals surface area (Å²) in [5.41, 5.74) is -1.36. The number of aromatic nitrogens is 2. The number of esters is 1. The molecule has 1 saturated heterocycles. The summed E-state index contributed by atoms with van der Waals surface area (Å²) in [6, 6.07) is 1.34. The Balaban J connectivity index is 1.32. The minimum absolute atomic E-state index is 0.0420. The van der Waals surface area contributed by atoms with Gasteiger partial charge in [-0.25, -0.2) is 23.0 Å². The number of allylic oxidation sites excluding steroid dienone is 1. The predicted molar refractivity (Wildman–Crippen MR) is 194 cm³/mol. The van der Waals surface area contributed by atoms with Gasteiger partial charge in [-0.15, -0.1) is 0 Å². The topological polar surface area (TPSA) is 195 Å². The molecule has 4 aliphatic rings. The minimum Gasteiger partial charge on any atom is -0.456 e. The van der Waals surface area contributed by atoms with E-state index < -0.39 is 79.6 Å². The monoisotopic (exact) mass is 754 g/mol. The number of imidazole rings is 1. The summed E-state index contributed by atoms with van der Waals surface area (Å²) in [5.74, 6) is -3.20. The van der Waals surface area contributed by atoms with E-state index in [9.17, 15) is 32.4 Å². The van der Waals surface area contributed by atoms with Crippen molar-refractivity contribution in [3.63, 3.8) is 0 Å². The van der Waals surface area contributed by atoms with Crippen LogP contribution in [0.5, 0.6) is 0 Å². The second-order valence-corrected chi connectivity index (χ2v) is 18.6. The van der Waals surface area contributed by atoms with Gasteiger partial charge in [0.2, 0.25) is 21.8 Å². The Bertz CT molecular complexity index is 1950. The molecule has 15 nitrogen and oxygen atoms in total. The number of rotatable bonds is 6. The van der Waals surface area contributed by atoms with Gasteiger partial charge in [-0.05, 0) is 61.0 Å². The second-order valence-electron chi connectivity index (χ2n) is 16.7. The van der Waals surface area contributed by atoms with Crippen LogP contribution < -0.4 is 15.4 Å². The van der Waals surface area contributed by atoms with Crippen LogP contribution in [0.1, 0.15) is 103 Å². The van der Waals surface area contributed by atoms with Gasteiger partial charge in [0.05, 0.1) is 18.4 Å². The molecule has 2 saturated carbocycles. The van der Waals surface area contributed by atoms with E-state index in [-0.39, 0.29) is 37.6 Å². The number of amides is 4. The van der Waals surface area contributed by atoms with Crippen molar-refractivity contribution in [2.45, 2.75) is 115 Å². The molecule has 2 aliphatic heterocycles. The van der Waals surface area contributed by atoms with Crippen LogP contribution in [-0.2, 0) is 33.9 Å². The molecule has 53 heavy (non-hydrogen) atoms. The molecule has 0 unspecified atom stereocenters. The summed E-state index contributed by atoms with van der Waals surface area (Å²) in [7, 11) is -3.89. The van der Waals surface area contributed by atoms with Crippen molar-refractivity contribution in [2.24, 2.45) is 16.7 Å². The maximum absolute atomic E-state index is 14.5. The zero-order valence-corrected chi connectivity index (χ0v) is 32.0.